The molecule has 0 spiro atoms. The molecule has 0 aliphatic rings. The molecule has 180 valence electrons. The SMILES string of the molecule is CCN(CCN(CCCN(CCN(CC)CC(N)=O)CC(N)=O)CC(C)=O)CC(N)=O. The number of carbonyl (C=O) groups is 4. The van der Waals surface area contributed by atoms with Crippen LogP contribution in [-0.2, 0) is 19.2 Å². The average molecular weight is 444 g/mol. The maximum Gasteiger partial charge on any atom is 0.231 e. The lowest BCUT2D eigenvalue weighted by Crippen LogP contribution is -2.44. The van der Waals surface area contributed by atoms with Gasteiger partial charge in [0, 0.05) is 26.2 Å². The molecule has 11 heteroatoms. The molecule has 0 saturated heterocycles. The molecule has 6 N–H and O–H groups in total. The highest BCUT2D eigenvalue weighted by Crippen LogP contribution is 2.00. The Hall–Kier alpha value is -2.08. The van der Waals surface area contributed by atoms with Gasteiger partial charge in [0.2, 0.25) is 17.7 Å². The highest BCUT2D eigenvalue weighted by Gasteiger charge is 2.15. The molecular weight excluding hydrogens is 402 g/mol. The van der Waals surface area contributed by atoms with Crippen LogP contribution < -0.4 is 17.2 Å². The number of likely N-dealkylation sites (N-methyl/N-ethyl adjacent to an activating group) is 2. The van der Waals surface area contributed by atoms with E-state index in [2.05, 4.69) is 0 Å². The monoisotopic (exact) mass is 443 g/mol. The van der Waals surface area contributed by atoms with Crippen molar-refractivity contribution in [3.8, 4) is 0 Å². The molecule has 0 bridgehead atoms. The van der Waals surface area contributed by atoms with Crippen molar-refractivity contribution in [3.05, 3.63) is 0 Å². The van der Waals surface area contributed by atoms with Gasteiger partial charge in [-0.1, -0.05) is 13.8 Å². The summed E-state index contributed by atoms with van der Waals surface area (Å²) in [6.07, 6.45) is 0.741. The molecular formula is C20H41N7O4. The van der Waals surface area contributed by atoms with E-state index in [1.165, 1.54) is 0 Å². The van der Waals surface area contributed by atoms with Gasteiger partial charge in [0.25, 0.3) is 0 Å². The number of carbonyl (C=O) groups excluding carboxylic acids is 4. The Morgan fingerprint density at radius 3 is 1.19 bits per heavy atom. The summed E-state index contributed by atoms with van der Waals surface area (Å²) < 4.78 is 0. The predicted molar refractivity (Wildman–Crippen MR) is 120 cm³/mol. The first kappa shape index (κ1) is 28.9. The summed E-state index contributed by atoms with van der Waals surface area (Å²) in [4.78, 5) is 53.2. The summed E-state index contributed by atoms with van der Waals surface area (Å²) in [5.41, 5.74) is 15.9. The maximum absolute atomic E-state index is 11.6. The van der Waals surface area contributed by atoms with Gasteiger partial charge in [0.15, 0.2) is 0 Å². The normalized spacial score (nSPS) is 11.6. The van der Waals surface area contributed by atoms with Crippen LogP contribution in [0.15, 0.2) is 0 Å². The third-order valence-electron chi connectivity index (χ3n) is 4.89. The Bertz CT molecular complexity index is 526. The molecule has 3 amide bonds. The number of hydrogen-bond acceptors (Lipinski definition) is 8. The molecule has 0 heterocycles. The lowest BCUT2D eigenvalue weighted by Gasteiger charge is -2.28. The zero-order chi connectivity index (χ0) is 23.8. The first-order valence-corrected chi connectivity index (χ1v) is 10.8. The van der Waals surface area contributed by atoms with E-state index in [1.807, 2.05) is 33.4 Å². The van der Waals surface area contributed by atoms with Gasteiger partial charge in [-0.25, -0.2) is 0 Å². The minimum atomic E-state index is -0.413. The molecule has 0 aliphatic carbocycles. The van der Waals surface area contributed by atoms with Gasteiger partial charge in [-0.2, -0.15) is 0 Å². The van der Waals surface area contributed by atoms with E-state index >= 15 is 0 Å². The molecule has 0 fully saturated rings. The number of nitrogens with two attached hydrogens (primary N) is 3. The quantitative estimate of drug-likeness (QED) is 0.189. The summed E-state index contributed by atoms with van der Waals surface area (Å²) in [5.74, 6) is -1.11. The smallest absolute Gasteiger partial charge is 0.231 e. The van der Waals surface area contributed by atoms with Crippen LogP contribution in [0.4, 0.5) is 0 Å². The second-order valence-electron chi connectivity index (χ2n) is 7.74. The maximum atomic E-state index is 11.6. The molecule has 0 aromatic heterocycles. The van der Waals surface area contributed by atoms with Gasteiger partial charge in [-0.05, 0) is 39.5 Å². The van der Waals surface area contributed by atoms with Crippen LogP contribution in [0.2, 0.25) is 0 Å². The minimum absolute atomic E-state index is 0.0666. The summed E-state index contributed by atoms with van der Waals surface area (Å²) in [7, 11) is 0. The average Bonchev–Trinajstić information content (AvgIpc) is 2.66. The number of rotatable bonds is 20. The lowest BCUT2D eigenvalue weighted by molar-refractivity contribution is -0.120. The summed E-state index contributed by atoms with van der Waals surface area (Å²) in [5, 5.41) is 0. The van der Waals surface area contributed by atoms with Crippen LogP contribution in [0.1, 0.15) is 27.2 Å². The molecule has 0 rings (SSSR count). The van der Waals surface area contributed by atoms with E-state index in [9.17, 15) is 19.2 Å². The van der Waals surface area contributed by atoms with E-state index in [0.717, 1.165) is 6.42 Å². The van der Waals surface area contributed by atoms with Crippen molar-refractivity contribution in [1.29, 1.82) is 0 Å². The number of amides is 3. The number of Topliss-reactive ketones (excluding diaryl/α,β-unsaturated/α-hetero) is 1. The van der Waals surface area contributed by atoms with Crippen molar-refractivity contribution in [2.75, 3.05) is 78.5 Å². The first-order valence-electron chi connectivity index (χ1n) is 10.8. The van der Waals surface area contributed by atoms with Crippen LogP contribution >= 0.6 is 0 Å². The summed E-state index contributed by atoms with van der Waals surface area (Å²) >= 11 is 0. The first-order chi connectivity index (χ1) is 14.6. The second-order valence-corrected chi connectivity index (χ2v) is 7.74. The van der Waals surface area contributed by atoms with E-state index < -0.39 is 5.91 Å². The molecule has 11 nitrogen and oxygen atoms in total. The van der Waals surface area contributed by atoms with Gasteiger partial charge in [0.1, 0.15) is 5.78 Å². The highest BCUT2D eigenvalue weighted by atomic mass is 16.2. The zero-order valence-corrected chi connectivity index (χ0v) is 19.3. The van der Waals surface area contributed by atoms with Crippen molar-refractivity contribution in [1.82, 2.24) is 19.6 Å². The topological polar surface area (TPSA) is 159 Å². The second kappa shape index (κ2) is 16.6. The molecule has 0 saturated carbocycles. The lowest BCUT2D eigenvalue weighted by atomic mass is 10.3. The van der Waals surface area contributed by atoms with Crippen molar-refractivity contribution in [2.45, 2.75) is 27.2 Å². The van der Waals surface area contributed by atoms with Crippen molar-refractivity contribution in [3.63, 3.8) is 0 Å². The van der Waals surface area contributed by atoms with Crippen LogP contribution in [-0.4, -0.2) is 122 Å². The molecule has 0 atom stereocenters. The Balaban J connectivity index is 4.71. The van der Waals surface area contributed by atoms with Crippen molar-refractivity contribution >= 4 is 23.5 Å². The largest absolute Gasteiger partial charge is 0.369 e. The van der Waals surface area contributed by atoms with Crippen LogP contribution in [0, 0.1) is 0 Å². The van der Waals surface area contributed by atoms with Crippen LogP contribution in [0.3, 0.4) is 0 Å². The molecule has 0 aromatic rings. The standard InChI is InChI=1S/C20H41N7O4/c1-4-24(14-18(21)29)9-11-26(13-17(3)28)7-6-8-27(16-20(23)31)12-10-25(5-2)15-19(22)30/h4-16H2,1-3H3,(H2,21,29)(H2,22,30)(H2,23,31). The van der Waals surface area contributed by atoms with Gasteiger partial charge in [0.05, 0.1) is 26.2 Å². The Morgan fingerprint density at radius 1 is 0.548 bits per heavy atom. The predicted octanol–water partition coefficient (Wildman–Crippen LogP) is -2.33. The fraction of sp³-hybridized carbons (Fsp3) is 0.800. The van der Waals surface area contributed by atoms with Gasteiger partial charge in [-0.3, -0.25) is 38.8 Å². The number of ketones is 1. The zero-order valence-electron chi connectivity index (χ0n) is 19.3. The Kier molecular flexibility index (Phi) is 15.5. The fourth-order valence-corrected chi connectivity index (χ4v) is 3.30. The summed E-state index contributed by atoms with van der Waals surface area (Å²) in [6, 6.07) is 0. The minimum Gasteiger partial charge on any atom is -0.369 e. The van der Waals surface area contributed by atoms with Crippen LogP contribution in [0.25, 0.3) is 0 Å². The third-order valence-corrected chi connectivity index (χ3v) is 4.89. The Labute approximate surface area is 185 Å². The molecule has 31 heavy (non-hydrogen) atoms. The molecule has 0 aliphatic heterocycles. The Morgan fingerprint density at radius 2 is 0.871 bits per heavy atom. The fourth-order valence-electron chi connectivity index (χ4n) is 3.30. The molecule has 0 aromatic carbocycles. The third kappa shape index (κ3) is 16.3. The van der Waals surface area contributed by atoms with E-state index in [1.54, 1.807) is 6.92 Å². The number of primary amides is 3. The van der Waals surface area contributed by atoms with E-state index in [-0.39, 0.29) is 37.2 Å². The van der Waals surface area contributed by atoms with Gasteiger partial charge < -0.3 is 17.2 Å². The number of hydrogen-bond donors (Lipinski definition) is 3. The van der Waals surface area contributed by atoms with E-state index in [0.29, 0.717) is 58.9 Å². The highest BCUT2D eigenvalue weighted by molar-refractivity contribution is 5.77. The van der Waals surface area contributed by atoms with Gasteiger partial charge >= 0.3 is 0 Å². The molecule has 0 unspecified atom stereocenters. The van der Waals surface area contributed by atoms with Crippen molar-refractivity contribution in [2.24, 2.45) is 17.2 Å². The van der Waals surface area contributed by atoms with Gasteiger partial charge in [-0.15, -0.1) is 0 Å². The van der Waals surface area contributed by atoms with E-state index in [4.69, 9.17) is 17.2 Å². The summed E-state index contributed by atoms with van der Waals surface area (Å²) in [6.45, 7) is 11.4. The van der Waals surface area contributed by atoms with Crippen LogP contribution in [0.5, 0.6) is 0 Å². The van der Waals surface area contributed by atoms with Crippen molar-refractivity contribution < 1.29 is 19.2 Å². The molecule has 0 radical (unpaired) electrons. The number of nitrogens with zero attached hydrogens (tertiary/aromatic N) is 4.